The van der Waals surface area contributed by atoms with E-state index in [1.54, 1.807) is 13.0 Å². The van der Waals surface area contributed by atoms with Crippen LogP contribution in [0.1, 0.15) is 27.8 Å². The van der Waals surface area contributed by atoms with E-state index >= 15 is 4.39 Å². The van der Waals surface area contributed by atoms with E-state index in [0.717, 1.165) is 83.9 Å². The predicted octanol–water partition coefficient (Wildman–Crippen LogP) is 4.16. The van der Waals surface area contributed by atoms with E-state index in [0.29, 0.717) is 11.4 Å². The molecule has 0 radical (unpaired) electrons. The van der Waals surface area contributed by atoms with Crippen molar-refractivity contribution in [1.29, 1.82) is 0 Å². The average molecular weight is 557 g/mol. The zero-order chi connectivity index (χ0) is 27.9. The molecule has 1 atom stereocenters. The summed E-state index contributed by atoms with van der Waals surface area (Å²) in [6.45, 7) is 1.80. The lowest BCUT2D eigenvalue weighted by Gasteiger charge is -2.40. The van der Waals surface area contributed by atoms with Crippen LogP contribution in [0.5, 0.6) is 0 Å². The molecule has 1 spiro atoms. The molecule has 1 unspecified atom stereocenters. The van der Waals surface area contributed by atoms with Gasteiger partial charge in [-0.25, -0.2) is 4.39 Å². The third-order valence-electron chi connectivity index (χ3n) is 9.75. The molecule has 6 aliphatic heterocycles. The third kappa shape index (κ3) is 1.95. The summed E-state index contributed by atoms with van der Waals surface area (Å²) in [4.78, 5) is 21.5. The van der Waals surface area contributed by atoms with Crippen molar-refractivity contribution in [1.82, 2.24) is 9.13 Å². The van der Waals surface area contributed by atoms with Gasteiger partial charge >= 0.3 is 5.91 Å². The summed E-state index contributed by atoms with van der Waals surface area (Å²) in [5.41, 5.74) is 6.26. The van der Waals surface area contributed by atoms with Crippen molar-refractivity contribution in [2.45, 2.75) is 12.8 Å². The summed E-state index contributed by atoms with van der Waals surface area (Å²) in [5.74, 6) is 3.33. The van der Waals surface area contributed by atoms with Crippen LogP contribution in [0.3, 0.4) is 0 Å². The second-order valence-corrected chi connectivity index (χ2v) is 11.8. The highest BCUT2D eigenvalue weighted by atomic mass is 19.1. The van der Waals surface area contributed by atoms with Crippen LogP contribution in [-0.2, 0) is 5.91 Å². The fraction of sp³-hybridized carbons (Fsp3) is 0.0588. The summed E-state index contributed by atoms with van der Waals surface area (Å²) >= 11 is 0. The Morgan fingerprint density at radius 2 is 1.07 bits per heavy atom. The number of amidine groups is 4. The first-order chi connectivity index (χ1) is 21.2. The molecule has 0 N–H and O–H groups in total. The molecule has 6 aromatic rings. The Kier molecular flexibility index (Phi) is 3.08. The van der Waals surface area contributed by atoms with Crippen LogP contribution in [0.2, 0.25) is 0 Å². The SMILES string of the molecule is Cc1cc2c3n4c(c2cc1F)N=C1c2ccccc2C2=[N+]1C41n4c(c5ccccc5c4=N2)=NC2=[N+]1C(=N3)c1ccccc12. The molecule has 0 saturated heterocycles. The molecule has 4 aromatic carbocycles. The van der Waals surface area contributed by atoms with Crippen molar-refractivity contribution in [2.24, 2.45) is 20.0 Å². The standard InChI is InChI=1S/C34H17FN8/c1-16-14-23-24(15-25(16)35)33-39-31-22-13-7-5-11-20(22)29-37-27-18-9-3-2-8-17(18)26-36-28-19-10-4-6-12-21(19)30-38-32(23)43(33)34(40(26)27,41(28)30)42(29)31/h2-15H,1H3/q+2. The van der Waals surface area contributed by atoms with Gasteiger partial charge in [-0.2, -0.15) is 9.13 Å². The number of hydrogen-bond acceptors (Lipinski definition) is 4. The number of benzene rings is 4. The number of aromatic nitrogens is 2. The maximum absolute atomic E-state index is 15.3. The molecule has 6 aliphatic rings. The Bertz CT molecular complexity index is 2570. The molecule has 8 heterocycles. The topological polar surface area (TPSA) is 65.3 Å². The molecular formula is C34H17FN8+2. The second-order valence-electron chi connectivity index (χ2n) is 11.8. The van der Waals surface area contributed by atoms with E-state index in [1.807, 2.05) is 24.3 Å². The number of halogens is 1. The van der Waals surface area contributed by atoms with E-state index in [4.69, 9.17) is 20.0 Å². The van der Waals surface area contributed by atoms with Gasteiger partial charge in [-0.1, -0.05) is 56.4 Å². The fourth-order valence-electron chi connectivity index (χ4n) is 8.06. The smallest absolute Gasteiger partial charge is 0.207 e. The maximum Gasteiger partial charge on any atom is 0.404 e. The van der Waals surface area contributed by atoms with Crippen molar-refractivity contribution < 1.29 is 13.5 Å². The van der Waals surface area contributed by atoms with Gasteiger partial charge in [-0.05, 0) is 61.0 Å². The average Bonchev–Trinajstić information content (AvgIpc) is 3.74. The summed E-state index contributed by atoms with van der Waals surface area (Å²) < 4.78 is 24.3. The molecular weight excluding hydrogens is 539 g/mol. The fourth-order valence-corrected chi connectivity index (χ4v) is 8.06. The molecule has 0 bridgehead atoms. The summed E-state index contributed by atoms with van der Waals surface area (Å²) in [6.07, 6.45) is 0. The second kappa shape index (κ2) is 6.32. The van der Waals surface area contributed by atoms with Crippen LogP contribution < -0.4 is 11.0 Å². The first-order valence-corrected chi connectivity index (χ1v) is 14.3. The van der Waals surface area contributed by atoms with Crippen molar-refractivity contribution in [3.05, 3.63) is 130 Å². The molecule has 2 aromatic heterocycles. The number of hydrogen-bond donors (Lipinski definition) is 0. The quantitative estimate of drug-likeness (QED) is 0.253. The minimum absolute atomic E-state index is 0.262. The molecule has 43 heavy (non-hydrogen) atoms. The van der Waals surface area contributed by atoms with Gasteiger partial charge in [0, 0.05) is 16.2 Å². The van der Waals surface area contributed by atoms with Gasteiger partial charge in [0.15, 0.2) is 0 Å². The Balaban J connectivity index is 1.44. The lowest BCUT2D eigenvalue weighted by molar-refractivity contribution is -0.790. The summed E-state index contributed by atoms with van der Waals surface area (Å²) in [5, 5.41) is 3.65. The molecule has 198 valence electrons. The maximum atomic E-state index is 15.3. The van der Waals surface area contributed by atoms with Crippen LogP contribution in [0, 0.1) is 12.7 Å². The van der Waals surface area contributed by atoms with Gasteiger partial charge in [-0.15, -0.1) is 9.15 Å². The number of fused-ring (bicyclic) bond motifs is 12. The number of rotatable bonds is 0. The zero-order valence-corrected chi connectivity index (χ0v) is 22.5. The van der Waals surface area contributed by atoms with E-state index in [1.165, 1.54) is 0 Å². The van der Waals surface area contributed by atoms with Crippen LogP contribution >= 0.6 is 0 Å². The van der Waals surface area contributed by atoms with Crippen molar-refractivity contribution in [3.63, 3.8) is 0 Å². The van der Waals surface area contributed by atoms with Crippen molar-refractivity contribution in [2.75, 3.05) is 0 Å². The van der Waals surface area contributed by atoms with Gasteiger partial charge in [0.2, 0.25) is 22.6 Å². The van der Waals surface area contributed by atoms with Crippen molar-refractivity contribution in [3.8, 4) is 0 Å². The normalized spacial score (nSPS) is 20.4. The van der Waals surface area contributed by atoms with E-state index in [-0.39, 0.29) is 5.82 Å². The third-order valence-corrected chi connectivity index (χ3v) is 9.75. The number of nitrogens with zero attached hydrogens (tertiary/aromatic N) is 8. The number of aryl methyl sites for hydroxylation is 1. The largest absolute Gasteiger partial charge is 0.404 e. The van der Waals surface area contributed by atoms with E-state index in [2.05, 4.69) is 72.9 Å². The Labute approximate surface area is 241 Å². The van der Waals surface area contributed by atoms with E-state index < -0.39 is 5.91 Å². The molecule has 8 nitrogen and oxygen atoms in total. The highest BCUT2D eigenvalue weighted by Gasteiger charge is 2.69. The Morgan fingerprint density at radius 3 is 1.63 bits per heavy atom. The summed E-state index contributed by atoms with van der Waals surface area (Å²) in [6, 6.07) is 28.5. The van der Waals surface area contributed by atoms with E-state index in [9.17, 15) is 0 Å². The minimum Gasteiger partial charge on any atom is -0.207 e. The molecule has 0 saturated carbocycles. The van der Waals surface area contributed by atoms with Crippen LogP contribution in [0.25, 0.3) is 21.5 Å². The molecule has 0 amide bonds. The minimum atomic E-state index is -1.06. The van der Waals surface area contributed by atoms with Gasteiger partial charge < -0.3 is 0 Å². The summed E-state index contributed by atoms with van der Waals surface area (Å²) in [7, 11) is 0. The Hall–Kier alpha value is -5.83. The van der Waals surface area contributed by atoms with Gasteiger partial charge in [0.25, 0.3) is 23.3 Å². The predicted molar refractivity (Wildman–Crippen MR) is 158 cm³/mol. The van der Waals surface area contributed by atoms with Crippen LogP contribution in [-0.4, -0.2) is 41.6 Å². The van der Waals surface area contributed by atoms with Gasteiger partial charge in [0.05, 0.1) is 27.6 Å². The lowest BCUT2D eigenvalue weighted by Crippen LogP contribution is -2.71. The molecule has 12 rings (SSSR count). The van der Waals surface area contributed by atoms with Gasteiger partial charge in [-0.3, -0.25) is 0 Å². The highest BCUT2D eigenvalue weighted by Crippen LogP contribution is 2.52. The molecule has 9 heteroatoms. The highest BCUT2D eigenvalue weighted by molar-refractivity contribution is 6.20. The van der Waals surface area contributed by atoms with Crippen LogP contribution in [0.4, 0.5) is 16.0 Å². The molecule has 0 fully saturated rings. The first-order valence-electron chi connectivity index (χ1n) is 14.3. The van der Waals surface area contributed by atoms with Crippen LogP contribution in [0.15, 0.2) is 105 Å². The Morgan fingerprint density at radius 1 is 0.581 bits per heavy atom. The monoisotopic (exact) mass is 556 g/mol. The number of aliphatic imine (C=N–C) groups is 2. The molecule has 0 aliphatic carbocycles. The lowest BCUT2D eigenvalue weighted by atomic mass is 10.1. The first kappa shape index (κ1) is 21.0. The zero-order valence-electron chi connectivity index (χ0n) is 22.5. The van der Waals surface area contributed by atoms with Crippen molar-refractivity contribution >= 4 is 56.5 Å². The van der Waals surface area contributed by atoms with Gasteiger partial charge in [0.1, 0.15) is 5.82 Å².